The van der Waals surface area contributed by atoms with Crippen molar-refractivity contribution in [2.24, 2.45) is 5.92 Å². The van der Waals surface area contributed by atoms with Gasteiger partial charge >= 0.3 is 0 Å². The van der Waals surface area contributed by atoms with Crippen molar-refractivity contribution < 1.29 is 9.59 Å². The van der Waals surface area contributed by atoms with E-state index < -0.39 is 0 Å². The maximum absolute atomic E-state index is 12.8. The predicted molar refractivity (Wildman–Crippen MR) is 114 cm³/mol. The molecule has 0 bridgehead atoms. The van der Waals surface area contributed by atoms with Crippen molar-refractivity contribution >= 4 is 29.0 Å². The molecule has 1 N–H and O–H groups in total. The van der Waals surface area contributed by atoms with E-state index in [2.05, 4.69) is 15.3 Å². The molecule has 1 saturated heterocycles. The van der Waals surface area contributed by atoms with Gasteiger partial charge in [0, 0.05) is 36.1 Å². The highest BCUT2D eigenvalue weighted by Crippen LogP contribution is 2.25. The van der Waals surface area contributed by atoms with E-state index in [9.17, 15) is 9.59 Å². The van der Waals surface area contributed by atoms with Gasteiger partial charge in [0.05, 0.1) is 0 Å². The van der Waals surface area contributed by atoms with Crippen molar-refractivity contribution in [1.82, 2.24) is 14.9 Å². The first-order chi connectivity index (χ1) is 14.1. The van der Waals surface area contributed by atoms with Crippen LogP contribution in [0, 0.1) is 12.8 Å². The Bertz CT molecular complexity index is 993. The molecule has 0 spiro atoms. The van der Waals surface area contributed by atoms with E-state index in [-0.39, 0.29) is 17.7 Å². The highest BCUT2D eigenvalue weighted by atomic mass is 32.1. The average Bonchev–Trinajstić information content (AvgIpc) is 3.26. The minimum absolute atomic E-state index is 0.0338. The number of thiazole rings is 1. The van der Waals surface area contributed by atoms with E-state index in [1.807, 2.05) is 48.7 Å². The van der Waals surface area contributed by atoms with E-state index in [0.717, 1.165) is 16.1 Å². The van der Waals surface area contributed by atoms with Crippen molar-refractivity contribution in [3.8, 4) is 10.6 Å². The molecule has 0 atom stereocenters. The number of hydrogen-bond donors (Lipinski definition) is 1. The van der Waals surface area contributed by atoms with Crippen molar-refractivity contribution in [1.29, 1.82) is 0 Å². The maximum Gasteiger partial charge on any atom is 0.273 e. The average molecular weight is 407 g/mol. The van der Waals surface area contributed by atoms with Crippen LogP contribution in [0.4, 0.5) is 5.82 Å². The number of likely N-dealkylation sites (tertiary alicyclic amines) is 1. The summed E-state index contributed by atoms with van der Waals surface area (Å²) >= 11 is 1.47. The van der Waals surface area contributed by atoms with Gasteiger partial charge in [0.2, 0.25) is 5.91 Å². The van der Waals surface area contributed by atoms with Crippen molar-refractivity contribution in [3.05, 3.63) is 65.3 Å². The summed E-state index contributed by atoms with van der Waals surface area (Å²) in [5.74, 6) is 0.350. The Kier molecular flexibility index (Phi) is 5.67. The van der Waals surface area contributed by atoms with E-state index in [0.29, 0.717) is 37.4 Å². The summed E-state index contributed by atoms with van der Waals surface area (Å²) in [6.45, 7) is 3.06. The first-order valence-electron chi connectivity index (χ1n) is 9.64. The summed E-state index contributed by atoms with van der Waals surface area (Å²) in [7, 11) is 0. The van der Waals surface area contributed by atoms with Crippen molar-refractivity contribution in [2.45, 2.75) is 19.8 Å². The fourth-order valence-electron chi connectivity index (χ4n) is 3.36. The monoisotopic (exact) mass is 406 g/mol. The number of rotatable bonds is 4. The van der Waals surface area contributed by atoms with Gasteiger partial charge in [-0.15, -0.1) is 11.3 Å². The molecule has 29 heavy (non-hydrogen) atoms. The van der Waals surface area contributed by atoms with Gasteiger partial charge in [0.1, 0.15) is 16.5 Å². The van der Waals surface area contributed by atoms with Crippen molar-refractivity contribution in [3.63, 3.8) is 0 Å². The fraction of sp³-hybridized carbons (Fsp3) is 0.273. The van der Waals surface area contributed by atoms with Crippen LogP contribution in [0.1, 0.15) is 28.9 Å². The van der Waals surface area contributed by atoms with Crippen LogP contribution in [-0.4, -0.2) is 39.8 Å². The number of piperidine rings is 1. The topological polar surface area (TPSA) is 75.2 Å². The number of amides is 2. The zero-order chi connectivity index (χ0) is 20.2. The molecular weight excluding hydrogens is 384 g/mol. The molecule has 1 aliphatic rings. The van der Waals surface area contributed by atoms with E-state index in [1.165, 1.54) is 11.3 Å². The molecule has 1 aliphatic heterocycles. The highest BCUT2D eigenvalue weighted by Gasteiger charge is 2.29. The quantitative estimate of drug-likeness (QED) is 0.710. The molecule has 0 saturated carbocycles. The third-order valence-corrected chi connectivity index (χ3v) is 5.95. The summed E-state index contributed by atoms with van der Waals surface area (Å²) < 4.78 is 0. The lowest BCUT2D eigenvalue weighted by Gasteiger charge is -2.30. The highest BCUT2D eigenvalue weighted by molar-refractivity contribution is 7.13. The number of hydrogen-bond acceptors (Lipinski definition) is 5. The Morgan fingerprint density at radius 1 is 1.10 bits per heavy atom. The summed E-state index contributed by atoms with van der Waals surface area (Å²) in [4.78, 5) is 35.8. The minimum Gasteiger partial charge on any atom is -0.337 e. The zero-order valence-corrected chi connectivity index (χ0v) is 17.0. The van der Waals surface area contributed by atoms with Gasteiger partial charge in [0.15, 0.2) is 0 Å². The summed E-state index contributed by atoms with van der Waals surface area (Å²) in [6.07, 6.45) is 3.01. The lowest BCUT2D eigenvalue weighted by atomic mass is 9.95. The second-order valence-electron chi connectivity index (χ2n) is 7.18. The number of aromatic nitrogens is 2. The van der Waals surface area contributed by atoms with Crippen molar-refractivity contribution in [2.75, 3.05) is 18.4 Å². The Morgan fingerprint density at radius 2 is 1.86 bits per heavy atom. The lowest BCUT2D eigenvalue weighted by molar-refractivity contribution is -0.121. The number of carbonyl (C=O) groups is 2. The maximum atomic E-state index is 12.8. The van der Waals surface area contributed by atoms with Crippen LogP contribution in [0.3, 0.4) is 0 Å². The third-order valence-electron chi connectivity index (χ3n) is 5.06. The molecule has 2 aromatic heterocycles. The van der Waals surface area contributed by atoms with Crippen LogP contribution in [0.15, 0.2) is 54.0 Å². The molecule has 1 fully saturated rings. The molecule has 3 aromatic rings. The Balaban J connectivity index is 1.33. The Labute approximate surface area is 173 Å². The van der Waals surface area contributed by atoms with Gasteiger partial charge < -0.3 is 10.2 Å². The molecule has 2 amide bonds. The van der Waals surface area contributed by atoms with Gasteiger partial charge in [-0.05, 0) is 31.4 Å². The third kappa shape index (κ3) is 4.51. The summed E-state index contributed by atoms with van der Waals surface area (Å²) in [5.41, 5.74) is 2.53. The summed E-state index contributed by atoms with van der Waals surface area (Å²) in [6, 6.07) is 13.6. The van der Waals surface area contributed by atoms with Crippen LogP contribution >= 0.6 is 11.3 Å². The molecule has 6 nitrogen and oxygen atoms in total. The number of benzene rings is 1. The van der Waals surface area contributed by atoms with Gasteiger partial charge in [-0.25, -0.2) is 9.97 Å². The van der Waals surface area contributed by atoms with Gasteiger partial charge in [-0.2, -0.15) is 0 Å². The molecule has 1 aromatic carbocycles. The van der Waals surface area contributed by atoms with Crippen LogP contribution in [0.2, 0.25) is 0 Å². The number of carbonyl (C=O) groups excluding carboxylic acids is 2. The Morgan fingerprint density at radius 3 is 2.55 bits per heavy atom. The molecule has 4 rings (SSSR count). The van der Waals surface area contributed by atoms with Gasteiger partial charge in [0.25, 0.3) is 5.91 Å². The van der Waals surface area contributed by atoms with E-state index >= 15 is 0 Å². The largest absolute Gasteiger partial charge is 0.337 e. The van der Waals surface area contributed by atoms with Crippen LogP contribution < -0.4 is 5.32 Å². The first-order valence-corrected chi connectivity index (χ1v) is 10.5. The number of aryl methyl sites for hydroxylation is 1. The molecule has 0 aliphatic carbocycles. The Hall–Kier alpha value is -3.06. The molecule has 7 heteroatoms. The van der Waals surface area contributed by atoms with Gasteiger partial charge in [-0.3, -0.25) is 9.59 Å². The molecular formula is C22H22N4O2S. The zero-order valence-electron chi connectivity index (χ0n) is 16.2. The fourth-order valence-corrected chi connectivity index (χ4v) is 4.16. The number of anilines is 1. The molecule has 148 valence electrons. The standard InChI is InChI=1S/C22H22N4O2S/c1-15-7-8-19(23-13-15)25-20(27)16-9-11-26(12-10-16)22(28)18-14-29-21(24-18)17-5-3-2-4-6-17/h2-8,13-14,16H,9-12H2,1H3,(H,23,25,27). The molecule has 3 heterocycles. The smallest absolute Gasteiger partial charge is 0.273 e. The number of pyridine rings is 1. The van der Waals surface area contributed by atoms with Crippen LogP contribution in [0.25, 0.3) is 10.6 Å². The van der Waals surface area contributed by atoms with E-state index in [1.54, 1.807) is 17.2 Å². The van der Waals surface area contributed by atoms with Gasteiger partial charge in [-0.1, -0.05) is 36.4 Å². The normalized spacial score (nSPS) is 14.6. The minimum atomic E-state index is -0.113. The van der Waals surface area contributed by atoms with E-state index in [4.69, 9.17) is 0 Å². The molecule has 0 radical (unpaired) electrons. The second kappa shape index (κ2) is 8.53. The lowest BCUT2D eigenvalue weighted by Crippen LogP contribution is -2.41. The summed E-state index contributed by atoms with van der Waals surface area (Å²) in [5, 5.41) is 5.53. The predicted octanol–water partition coefficient (Wildman–Crippen LogP) is 4.00. The SMILES string of the molecule is Cc1ccc(NC(=O)C2CCN(C(=O)c3csc(-c4ccccc4)n3)CC2)nc1. The first kappa shape index (κ1) is 19.3. The molecule has 0 unspecified atom stereocenters. The number of nitrogens with zero attached hydrogens (tertiary/aromatic N) is 3. The number of nitrogens with one attached hydrogen (secondary N) is 1. The van der Waals surface area contributed by atoms with Crippen LogP contribution in [0.5, 0.6) is 0 Å². The second-order valence-corrected chi connectivity index (χ2v) is 8.04. The van der Waals surface area contributed by atoms with Crippen LogP contribution in [-0.2, 0) is 4.79 Å².